The summed E-state index contributed by atoms with van der Waals surface area (Å²) in [5.74, 6) is 0.455. The Kier molecular flexibility index (Phi) is 7.58. The Morgan fingerprint density at radius 1 is 1.18 bits per heavy atom. The largest absolute Gasteiger partial charge is 0.493 e. The van der Waals surface area contributed by atoms with Crippen LogP contribution in [0, 0.1) is 9.39 Å². The molecule has 0 spiro atoms. The van der Waals surface area contributed by atoms with E-state index in [1.807, 2.05) is 6.07 Å². The number of thioether (sulfide) groups is 1. The molecule has 0 N–H and O–H groups in total. The minimum Gasteiger partial charge on any atom is -0.493 e. The van der Waals surface area contributed by atoms with Crippen molar-refractivity contribution < 1.29 is 18.7 Å². The van der Waals surface area contributed by atoms with Crippen LogP contribution in [0.3, 0.4) is 0 Å². The fraction of sp³-hybridized carbons (Fsp3) is 0.0833. The van der Waals surface area contributed by atoms with E-state index in [0.717, 1.165) is 9.13 Å². The predicted molar refractivity (Wildman–Crippen MR) is 144 cm³/mol. The number of amides is 1. The normalized spacial score (nSPS) is 14.8. The summed E-state index contributed by atoms with van der Waals surface area (Å²) < 4.78 is 26.5. The lowest BCUT2D eigenvalue weighted by Crippen LogP contribution is -2.27. The van der Waals surface area contributed by atoms with Crippen LogP contribution in [-0.2, 0) is 11.4 Å². The molecular formula is C24H16ClFINO3S2. The van der Waals surface area contributed by atoms with Gasteiger partial charge in [-0.25, -0.2) is 4.39 Å². The van der Waals surface area contributed by atoms with Gasteiger partial charge in [0, 0.05) is 10.6 Å². The number of hydrogen-bond donors (Lipinski definition) is 0. The molecule has 0 bridgehead atoms. The average Bonchev–Trinajstić information content (AvgIpc) is 3.07. The van der Waals surface area contributed by atoms with Gasteiger partial charge in [0.1, 0.15) is 12.4 Å². The molecule has 0 saturated carbocycles. The molecule has 168 valence electrons. The van der Waals surface area contributed by atoms with E-state index in [9.17, 15) is 9.18 Å². The highest BCUT2D eigenvalue weighted by Gasteiger charge is 2.33. The number of rotatable bonds is 6. The third kappa shape index (κ3) is 5.34. The van der Waals surface area contributed by atoms with Crippen molar-refractivity contribution in [2.24, 2.45) is 0 Å². The van der Waals surface area contributed by atoms with Crippen molar-refractivity contribution in [1.82, 2.24) is 0 Å². The van der Waals surface area contributed by atoms with Crippen molar-refractivity contribution >= 4 is 80.2 Å². The maximum atomic E-state index is 13.9. The van der Waals surface area contributed by atoms with Gasteiger partial charge in [-0.05, 0) is 76.7 Å². The number of methoxy groups -OCH3 is 1. The van der Waals surface area contributed by atoms with Gasteiger partial charge in [-0.3, -0.25) is 9.69 Å². The molecule has 4 nitrogen and oxygen atoms in total. The Labute approximate surface area is 218 Å². The lowest BCUT2D eigenvalue weighted by Gasteiger charge is -2.15. The molecule has 1 heterocycles. The summed E-state index contributed by atoms with van der Waals surface area (Å²) in [6.45, 7) is 0.0676. The molecule has 1 aliphatic rings. The summed E-state index contributed by atoms with van der Waals surface area (Å²) in [6.07, 6.45) is 1.76. The number of ether oxygens (including phenoxy) is 2. The summed E-state index contributed by atoms with van der Waals surface area (Å²) >= 11 is 14.7. The first-order chi connectivity index (χ1) is 15.9. The highest BCUT2D eigenvalue weighted by molar-refractivity contribution is 14.1. The Morgan fingerprint density at radius 3 is 2.61 bits per heavy atom. The third-order valence-corrected chi connectivity index (χ3v) is 7.11. The van der Waals surface area contributed by atoms with Crippen LogP contribution in [0.15, 0.2) is 65.6 Å². The van der Waals surface area contributed by atoms with Crippen LogP contribution in [0.4, 0.5) is 10.1 Å². The number of anilines is 1. The molecule has 33 heavy (non-hydrogen) atoms. The lowest BCUT2D eigenvalue weighted by molar-refractivity contribution is -0.113. The second-order valence-corrected chi connectivity index (χ2v) is 10.2. The van der Waals surface area contributed by atoms with Crippen LogP contribution in [0.2, 0.25) is 5.02 Å². The molecule has 0 aromatic heterocycles. The maximum Gasteiger partial charge on any atom is 0.270 e. The number of carbonyl (C=O) groups is 1. The van der Waals surface area contributed by atoms with Crippen molar-refractivity contribution in [2.75, 3.05) is 12.0 Å². The SMILES string of the molecule is COc1cc(/C=C2/SC(=S)N(c3ccc(Cl)cc3)C2=O)cc(I)c1OCc1ccccc1F. The van der Waals surface area contributed by atoms with Gasteiger partial charge < -0.3 is 9.47 Å². The number of thiocarbonyl (C=S) groups is 1. The number of carbonyl (C=O) groups excluding carboxylic acids is 1. The first-order valence-electron chi connectivity index (χ1n) is 9.64. The molecule has 3 aromatic rings. The standard InChI is InChI=1S/C24H16ClFINO3S2/c1-30-20-11-14(10-19(27)22(20)31-13-15-4-2-3-5-18(15)26)12-21-23(29)28(24(32)33-21)17-8-6-16(25)7-9-17/h2-12H,13H2,1H3/b21-12+. The predicted octanol–water partition coefficient (Wildman–Crippen LogP) is 7.08. The molecule has 0 radical (unpaired) electrons. The number of halogens is 3. The van der Waals surface area contributed by atoms with Crippen molar-refractivity contribution in [3.63, 3.8) is 0 Å². The fourth-order valence-corrected chi connectivity index (χ4v) is 5.37. The second kappa shape index (κ2) is 10.4. The quantitative estimate of drug-likeness (QED) is 0.169. The molecule has 4 rings (SSSR count). The van der Waals surface area contributed by atoms with Gasteiger partial charge in [-0.15, -0.1) is 0 Å². The van der Waals surface area contributed by atoms with Gasteiger partial charge in [0.15, 0.2) is 15.8 Å². The molecule has 3 aromatic carbocycles. The lowest BCUT2D eigenvalue weighted by atomic mass is 10.1. The Morgan fingerprint density at radius 2 is 1.91 bits per heavy atom. The van der Waals surface area contributed by atoms with Crippen molar-refractivity contribution in [1.29, 1.82) is 0 Å². The number of hydrogen-bond acceptors (Lipinski definition) is 5. The van der Waals surface area contributed by atoms with Crippen LogP contribution in [0.1, 0.15) is 11.1 Å². The smallest absolute Gasteiger partial charge is 0.270 e. The third-order valence-electron chi connectivity index (χ3n) is 4.76. The Hall–Kier alpha value is -2.14. The highest BCUT2D eigenvalue weighted by atomic mass is 127. The van der Waals surface area contributed by atoms with Gasteiger partial charge in [0.25, 0.3) is 5.91 Å². The van der Waals surface area contributed by atoms with E-state index in [2.05, 4.69) is 22.6 Å². The van der Waals surface area contributed by atoms with E-state index in [0.29, 0.717) is 37.0 Å². The fourth-order valence-electron chi connectivity index (χ4n) is 3.16. The first kappa shape index (κ1) is 24.0. The summed E-state index contributed by atoms with van der Waals surface area (Å²) in [4.78, 5) is 15.0. The second-order valence-electron chi connectivity index (χ2n) is 6.91. The van der Waals surface area contributed by atoms with Crippen LogP contribution in [0.25, 0.3) is 6.08 Å². The monoisotopic (exact) mass is 611 g/mol. The minimum absolute atomic E-state index is 0.0676. The van der Waals surface area contributed by atoms with Crippen LogP contribution in [0.5, 0.6) is 11.5 Å². The zero-order chi connectivity index (χ0) is 23.5. The molecular weight excluding hydrogens is 596 g/mol. The van der Waals surface area contributed by atoms with Crippen molar-refractivity contribution in [3.8, 4) is 11.5 Å². The number of benzene rings is 3. The van der Waals surface area contributed by atoms with E-state index < -0.39 is 0 Å². The molecule has 1 saturated heterocycles. The molecule has 1 fully saturated rings. The van der Waals surface area contributed by atoms with E-state index in [-0.39, 0.29) is 18.3 Å². The zero-order valence-electron chi connectivity index (χ0n) is 17.2. The Bertz CT molecular complexity index is 1270. The maximum absolute atomic E-state index is 13.9. The van der Waals surface area contributed by atoms with E-state index in [1.165, 1.54) is 29.8 Å². The van der Waals surface area contributed by atoms with Gasteiger partial charge in [0.2, 0.25) is 0 Å². The number of nitrogens with zero attached hydrogens (tertiary/aromatic N) is 1. The van der Waals surface area contributed by atoms with Crippen LogP contribution in [-0.4, -0.2) is 17.3 Å². The molecule has 0 atom stereocenters. The minimum atomic E-state index is -0.328. The summed E-state index contributed by atoms with van der Waals surface area (Å²) in [5.41, 5.74) is 1.87. The summed E-state index contributed by atoms with van der Waals surface area (Å²) in [5, 5.41) is 0.582. The van der Waals surface area contributed by atoms with Crippen LogP contribution >= 0.6 is 58.2 Å². The zero-order valence-corrected chi connectivity index (χ0v) is 21.7. The van der Waals surface area contributed by atoms with Crippen molar-refractivity contribution in [2.45, 2.75) is 6.61 Å². The van der Waals surface area contributed by atoms with Gasteiger partial charge in [0.05, 0.1) is 21.3 Å². The molecule has 1 amide bonds. The van der Waals surface area contributed by atoms with Crippen LogP contribution < -0.4 is 14.4 Å². The Balaban J connectivity index is 1.58. The first-order valence-corrected chi connectivity index (χ1v) is 12.3. The highest BCUT2D eigenvalue weighted by Crippen LogP contribution is 2.39. The molecule has 0 aliphatic carbocycles. The van der Waals surface area contributed by atoms with E-state index in [1.54, 1.807) is 54.6 Å². The van der Waals surface area contributed by atoms with E-state index >= 15 is 0 Å². The van der Waals surface area contributed by atoms with Crippen molar-refractivity contribution in [3.05, 3.63) is 91.1 Å². The summed E-state index contributed by atoms with van der Waals surface area (Å²) in [7, 11) is 1.53. The molecule has 0 unspecified atom stereocenters. The molecule has 1 aliphatic heterocycles. The van der Waals surface area contributed by atoms with E-state index in [4.69, 9.17) is 33.3 Å². The topological polar surface area (TPSA) is 38.8 Å². The van der Waals surface area contributed by atoms with Gasteiger partial charge in [-0.2, -0.15) is 0 Å². The molecule has 9 heteroatoms. The summed E-state index contributed by atoms with van der Waals surface area (Å²) in [6, 6.07) is 17.0. The van der Waals surface area contributed by atoms with Gasteiger partial charge >= 0.3 is 0 Å². The average molecular weight is 612 g/mol. The van der Waals surface area contributed by atoms with Gasteiger partial charge in [-0.1, -0.05) is 53.8 Å².